The van der Waals surface area contributed by atoms with Gasteiger partial charge in [0.2, 0.25) is 0 Å². The summed E-state index contributed by atoms with van der Waals surface area (Å²) < 4.78 is 0. The van der Waals surface area contributed by atoms with Gasteiger partial charge in [-0.3, -0.25) is 0 Å². The van der Waals surface area contributed by atoms with Gasteiger partial charge in [0.15, 0.2) is 0 Å². The van der Waals surface area contributed by atoms with Gasteiger partial charge in [0.05, 0.1) is 6.61 Å². The second-order valence-corrected chi connectivity index (χ2v) is 5.17. The molecule has 0 unspecified atom stereocenters. The van der Waals surface area contributed by atoms with Gasteiger partial charge in [-0.2, -0.15) is 0 Å². The summed E-state index contributed by atoms with van der Waals surface area (Å²) in [6.07, 6.45) is 9.09. The Morgan fingerprint density at radius 2 is 1.11 bits per heavy atom. The van der Waals surface area contributed by atoms with Crippen molar-refractivity contribution in [2.24, 2.45) is 0 Å². The molecule has 0 saturated carbocycles. The third-order valence-electron chi connectivity index (χ3n) is 3.36. The molecule has 0 heterocycles. The summed E-state index contributed by atoms with van der Waals surface area (Å²) in [4.78, 5) is 0. The zero-order valence-electron chi connectivity index (χ0n) is 12.0. The second-order valence-electron chi connectivity index (χ2n) is 5.17. The van der Waals surface area contributed by atoms with Gasteiger partial charge in [0.25, 0.3) is 0 Å². The van der Waals surface area contributed by atoms with Gasteiger partial charge in [0, 0.05) is 0 Å². The standard InChI is InChI=1S/C17H27O/c1-3-5-8-15-12-16(9-6-4-2)14-17(13-15)10-7-11-18/h12-14H,3-11H2,1-2H3. The molecule has 1 aromatic carbocycles. The van der Waals surface area contributed by atoms with Gasteiger partial charge in [-0.1, -0.05) is 44.9 Å². The maximum atomic E-state index is 10.6. The van der Waals surface area contributed by atoms with Crippen LogP contribution in [-0.2, 0) is 24.4 Å². The van der Waals surface area contributed by atoms with Crippen molar-refractivity contribution in [2.75, 3.05) is 6.61 Å². The molecule has 0 fully saturated rings. The van der Waals surface area contributed by atoms with Crippen LogP contribution in [0.2, 0.25) is 0 Å². The molecule has 1 nitrogen and oxygen atoms in total. The molecule has 0 aliphatic carbocycles. The van der Waals surface area contributed by atoms with Crippen LogP contribution in [0.5, 0.6) is 0 Å². The molecule has 0 atom stereocenters. The zero-order chi connectivity index (χ0) is 13.2. The summed E-state index contributed by atoms with van der Waals surface area (Å²) in [5, 5.41) is 10.6. The molecule has 0 spiro atoms. The van der Waals surface area contributed by atoms with Crippen molar-refractivity contribution in [3.63, 3.8) is 0 Å². The highest BCUT2D eigenvalue weighted by Crippen LogP contribution is 2.16. The van der Waals surface area contributed by atoms with Crippen molar-refractivity contribution in [2.45, 2.75) is 65.2 Å². The van der Waals surface area contributed by atoms with E-state index in [1.807, 2.05) is 0 Å². The molecule has 18 heavy (non-hydrogen) atoms. The monoisotopic (exact) mass is 247 g/mol. The van der Waals surface area contributed by atoms with E-state index < -0.39 is 0 Å². The Balaban J connectivity index is 2.74. The summed E-state index contributed by atoms with van der Waals surface area (Å²) in [6, 6.07) is 6.98. The lowest BCUT2D eigenvalue weighted by Crippen LogP contribution is -1.96. The fourth-order valence-electron chi connectivity index (χ4n) is 2.31. The van der Waals surface area contributed by atoms with Crippen LogP contribution in [-0.4, -0.2) is 6.61 Å². The lowest BCUT2D eigenvalue weighted by atomic mass is 9.97. The summed E-state index contributed by atoms with van der Waals surface area (Å²) in [5.41, 5.74) is 4.29. The van der Waals surface area contributed by atoms with E-state index in [4.69, 9.17) is 0 Å². The van der Waals surface area contributed by atoms with Crippen molar-refractivity contribution in [1.82, 2.24) is 0 Å². The van der Waals surface area contributed by atoms with Crippen LogP contribution in [0.4, 0.5) is 0 Å². The van der Waals surface area contributed by atoms with Crippen LogP contribution in [0.15, 0.2) is 18.2 Å². The van der Waals surface area contributed by atoms with E-state index >= 15 is 0 Å². The lowest BCUT2D eigenvalue weighted by molar-refractivity contribution is 0.189. The van der Waals surface area contributed by atoms with E-state index in [9.17, 15) is 5.11 Å². The molecule has 0 aromatic heterocycles. The molecule has 1 heteroatoms. The number of unbranched alkanes of at least 4 members (excludes halogenated alkanes) is 2. The van der Waals surface area contributed by atoms with Gasteiger partial charge >= 0.3 is 0 Å². The Hall–Kier alpha value is -0.820. The van der Waals surface area contributed by atoms with Crippen molar-refractivity contribution in [3.8, 4) is 0 Å². The van der Waals surface area contributed by atoms with Gasteiger partial charge < -0.3 is 0 Å². The molecule has 1 radical (unpaired) electrons. The highest BCUT2D eigenvalue weighted by atomic mass is 16.2. The first kappa shape index (κ1) is 15.2. The molecule has 0 saturated heterocycles. The number of rotatable bonds is 9. The number of benzene rings is 1. The molecule has 1 rings (SSSR count). The Bertz CT molecular complexity index is 266. The van der Waals surface area contributed by atoms with Crippen LogP contribution in [0.1, 0.15) is 62.6 Å². The van der Waals surface area contributed by atoms with Crippen molar-refractivity contribution in [1.29, 1.82) is 0 Å². The quantitative estimate of drug-likeness (QED) is 0.601. The normalized spacial score (nSPS) is 10.8. The van der Waals surface area contributed by atoms with Gasteiger partial charge in [-0.25, -0.2) is 5.11 Å². The predicted octanol–water partition coefficient (Wildman–Crippen LogP) is 4.73. The smallest absolute Gasteiger partial charge is 0.0825 e. The Kier molecular flexibility index (Phi) is 7.75. The average molecular weight is 247 g/mol. The minimum absolute atomic E-state index is 0.0451. The molecule has 1 aromatic rings. The van der Waals surface area contributed by atoms with Crippen LogP contribution in [0.3, 0.4) is 0 Å². The molecule has 101 valence electrons. The van der Waals surface area contributed by atoms with Crippen molar-refractivity contribution < 1.29 is 5.11 Å². The number of hydrogen-bond donors (Lipinski definition) is 0. The molecule has 0 aliphatic rings. The fourth-order valence-corrected chi connectivity index (χ4v) is 2.31. The van der Waals surface area contributed by atoms with Crippen molar-refractivity contribution >= 4 is 0 Å². The first-order valence-electron chi connectivity index (χ1n) is 7.50. The van der Waals surface area contributed by atoms with E-state index in [1.165, 1.54) is 55.2 Å². The Morgan fingerprint density at radius 1 is 0.722 bits per heavy atom. The second kappa shape index (κ2) is 9.16. The summed E-state index contributed by atoms with van der Waals surface area (Å²) in [6.45, 7) is 4.52. The van der Waals surface area contributed by atoms with Gasteiger partial charge in [-0.15, -0.1) is 0 Å². The first-order valence-corrected chi connectivity index (χ1v) is 7.50. The summed E-state index contributed by atoms with van der Waals surface area (Å²) in [5.74, 6) is 0. The molecule has 0 bridgehead atoms. The van der Waals surface area contributed by atoms with Gasteiger partial charge in [0.1, 0.15) is 0 Å². The van der Waals surface area contributed by atoms with Crippen LogP contribution in [0, 0.1) is 0 Å². The first-order chi connectivity index (χ1) is 8.80. The minimum atomic E-state index is 0.0451. The lowest BCUT2D eigenvalue weighted by Gasteiger charge is -2.09. The van der Waals surface area contributed by atoms with Crippen molar-refractivity contribution in [3.05, 3.63) is 34.9 Å². The molecular weight excluding hydrogens is 220 g/mol. The topological polar surface area (TPSA) is 19.9 Å². The Morgan fingerprint density at radius 3 is 1.44 bits per heavy atom. The van der Waals surface area contributed by atoms with E-state index in [0.717, 1.165) is 12.8 Å². The average Bonchev–Trinajstić information content (AvgIpc) is 2.40. The van der Waals surface area contributed by atoms with Crippen LogP contribution < -0.4 is 0 Å². The van der Waals surface area contributed by atoms with E-state index in [-0.39, 0.29) is 6.61 Å². The SMILES string of the molecule is CCCCc1cc(CCCC)cc(CCC[O])c1. The molecule has 0 aliphatic heterocycles. The third-order valence-corrected chi connectivity index (χ3v) is 3.36. The largest absolute Gasteiger partial charge is 0.237 e. The maximum Gasteiger partial charge on any atom is 0.0825 e. The minimum Gasteiger partial charge on any atom is -0.237 e. The fraction of sp³-hybridized carbons (Fsp3) is 0.647. The highest BCUT2D eigenvalue weighted by molar-refractivity contribution is 5.30. The number of aryl methyl sites for hydroxylation is 3. The van der Waals surface area contributed by atoms with Crippen LogP contribution >= 0.6 is 0 Å². The molecule has 0 N–H and O–H groups in total. The van der Waals surface area contributed by atoms with E-state index in [2.05, 4.69) is 32.0 Å². The third kappa shape index (κ3) is 5.68. The van der Waals surface area contributed by atoms with Crippen LogP contribution in [0.25, 0.3) is 0 Å². The summed E-state index contributed by atoms with van der Waals surface area (Å²) >= 11 is 0. The molecular formula is C17H27O. The summed E-state index contributed by atoms with van der Waals surface area (Å²) in [7, 11) is 0. The number of hydrogen-bond acceptors (Lipinski definition) is 0. The molecule has 0 amide bonds. The maximum absolute atomic E-state index is 10.6. The zero-order valence-corrected chi connectivity index (χ0v) is 12.0. The Labute approximate surface area is 112 Å². The van der Waals surface area contributed by atoms with E-state index in [1.54, 1.807) is 0 Å². The van der Waals surface area contributed by atoms with Gasteiger partial charge in [-0.05, 0) is 55.2 Å². The highest BCUT2D eigenvalue weighted by Gasteiger charge is 2.02. The van der Waals surface area contributed by atoms with E-state index in [0.29, 0.717) is 0 Å². The predicted molar refractivity (Wildman–Crippen MR) is 77.5 cm³/mol.